The van der Waals surface area contributed by atoms with Gasteiger partial charge in [-0.2, -0.15) is 5.10 Å². The van der Waals surface area contributed by atoms with Crippen LogP contribution in [0.25, 0.3) is 11.0 Å². The second-order valence-electron chi connectivity index (χ2n) is 5.42. The summed E-state index contributed by atoms with van der Waals surface area (Å²) in [6.45, 7) is 0. The number of H-pyrrole nitrogens is 1. The van der Waals surface area contributed by atoms with Crippen LogP contribution < -0.4 is 11.0 Å². The number of hydrogen-bond acceptors (Lipinski definition) is 5. The molecule has 0 aliphatic rings. The molecule has 1 aromatic heterocycles. The Labute approximate surface area is 143 Å². The van der Waals surface area contributed by atoms with Crippen molar-refractivity contribution in [2.45, 2.75) is 12.8 Å². The molecule has 2 aromatic carbocycles. The van der Waals surface area contributed by atoms with Gasteiger partial charge in [-0.3, -0.25) is 9.59 Å². The van der Waals surface area contributed by atoms with Gasteiger partial charge in [0.15, 0.2) is 0 Å². The number of hydrazone groups is 1. The smallest absolute Gasteiger partial charge is 0.270 e. The van der Waals surface area contributed by atoms with Gasteiger partial charge in [0.05, 0.1) is 17.2 Å². The Kier molecular flexibility index (Phi) is 4.84. The standard InChI is InChI=1S/C18H16N4O3/c23-13-5-3-4-12(10-13)11-19-22-17(24)9-8-16-18(25)21-15-7-2-1-6-14(15)20-16/h1-7,10-11,23H,8-9H2,(H,21,25)(H,22,24)/b19-11-. The Bertz CT molecular complexity index is 995. The Morgan fingerprint density at radius 2 is 2.08 bits per heavy atom. The number of phenols is 1. The lowest BCUT2D eigenvalue weighted by Gasteiger charge is -2.02. The van der Waals surface area contributed by atoms with Crippen molar-refractivity contribution < 1.29 is 9.90 Å². The van der Waals surface area contributed by atoms with Crippen molar-refractivity contribution in [2.75, 3.05) is 0 Å². The van der Waals surface area contributed by atoms with Gasteiger partial charge in [-0.05, 0) is 29.8 Å². The molecule has 126 valence electrons. The van der Waals surface area contributed by atoms with Crippen molar-refractivity contribution in [1.29, 1.82) is 0 Å². The van der Waals surface area contributed by atoms with Crippen LogP contribution in [0.5, 0.6) is 5.75 Å². The van der Waals surface area contributed by atoms with E-state index >= 15 is 0 Å². The number of para-hydroxylation sites is 2. The number of nitrogens with one attached hydrogen (secondary N) is 2. The third kappa shape index (κ3) is 4.29. The van der Waals surface area contributed by atoms with Crippen molar-refractivity contribution in [2.24, 2.45) is 5.10 Å². The number of nitrogens with zero attached hydrogens (tertiary/aromatic N) is 2. The van der Waals surface area contributed by atoms with Crippen LogP contribution in [-0.4, -0.2) is 27.2 Å². The van der Waals surface area contributed by atoms with Crippen LogP contribution in [-0.2, 0) is 11.2 Å². The van der Waals surface area contributed by atoms with E-state index < -0.39 is 0 Å². The van der Waals surface area contributed by atoms with Crippen LogP contribution >= 0.6 is 0 Å². The number of aryl methyl sites for hydroxylation is 1. The van der Waals surface area contributed by atoms with Gasteiger partial charge in [0.25, 0.3) is 5.56 Å². The van der Waals surface area contributed by atoms with E-state index in [-0.39, 0.29) is 30.1 Å². The molecule has 0 saturated carbocycles. The van der Waals surface area contributed by atoms with Crippen LogP contribution in [0.3, 0.4) is 0 Å². The molecule has 0 radical (unpaired) electrons. The van der Waals surface area contributed by atoms with Crippen LogP contribution in [0.1, 0.15) is 17.7 Å². The highest BCUT2D eigenvalue weighted by atomic mass is 16.3. The molecule has 0 fully saturated rings. The lowest BCUT2D eigenvalue weighted by atomic mass is 10.2. The summed E-state index contributed by atoms with van der Waals surface area (Å²) in [4.78, 5) is 30.9. The van der Waals surface area contributed by atoms with Crippen molar-refractivity contribution in [1.82, 2.24) is 15.4 Å². The molecule has 0 atom stereocenters. The number of fused-ring (bicyclic) bond motifs is 1. The predicted molar refractivity (Wildman–Crippen MR) is 94.5 cm³/mol. The first-order chi connectivity index (χ1) is 12.1. The predicted octanol–water partition coefficient (Wildman–Crippen LogP) is 1.71. The van der Waals surface area contributed by atoms with E-state index in [1.54, 1.807) is 30.3 Å². The van der Waals surface area contributed by atoms with Gasteiger partial charge in [0.1, 0.15) is 11.4 Å². The number of benzene rings is 2. The molecule has 3 rings (SSSR count). The number of amides is 1. The first kappa shape index (κ1) is 16.4. The van der Waals surface area contributed by atoms with E-state index in [0.29, 0.717) is 22.3 Å². The summed E-state index contributed by atoms with van der Waals surface area (Å²) in [6, 6.07) is 13.7. The molecule has 0 saturated heterocycles. The molecule has 0 bridgehead atoms. The second-order valence-corrected chi connectivity index (χ2v) is 5.42. The minimum Gasteiger partial charge on any atom is -0.508 e. The monoisotopic (exact) mass is 336 g/mol. The summed E-state index contributed by atoms with van der Waals surface area (Å²) >= 11 is 0. The number of aromatic hydroxyl groups is 1. The average Bonchev–Trinajstić information content (AvgIpc) is 2.60. The van der Waals surface area contributed by atoms with Crippen LogP contribution in [0, 0.1) is 0 Å². The van der Waals surface area contributed by atoms with E-state index in [9.17, 15) is 14.7 Å². The summed E-state index contributed by atoms with van der Waals surface area (Å²) in [5.74, 6) is -0.206. The topological polar surface area (TPSA) is 107 Å². The summed E-state index contributed by atoms with van der Waals surface area (Å²) in [5, 5.41) is 13.2. The van der Waals surface area contributed by atoms with Gasteiger partial charge in [-0.25, -0.2) is 10.4 Å². The molecule has 0 aliphatic heterocycles. The molecule has 7 nitrogen and oxygen atoms in total. The zero-order valence-corrected chi connectivity index (χ0v) is 13.3. The summed E-state index contributed by atoms with van der Waals surface area (Å²) in [7, 11) is 0. The quantitative estimate of drug-likeness (QED) is 0.487. The van der Waals surface area contributed by atoms with Gasteiger partial charge in [-0.1, -0.05) is 24.3 Å². The molecule has 3 N–H and O–H groups in total. The van der Waals surface area contributed by atoms with Crippen molar-refractivity contribution in [3.63, 3.8) is 0 Å². The third-order valence-electron chi connectivity index (χ3n) is 3.53. The fourth-order valence-corrected chi connectivity index (χ4v) is 2.31. The number of aromatic amines is 1. The molecular formula is C18H16N4O3. The number of rotatable bonds is 5. The largest absolute Gasteiger partial charge is 0.508 e. The number of phenolic OH excluding ortho intramolecular Hbond substituents is 1. The molecule has 7 heteroatoms. The Balaban J connectivity index is 1.59. The molecule has 1 heterocycles. The third-order valence-corrected chi connectivity index (χ3v) is 3.53. The number of carbonyl (C=O) groups excluding carboxylic acids is 1. The zero-order valence-electron chi connectivity index (χ0n) is 13.3. The maximum atomic E-state index is 12.0. The summed E-state index contributed by atoms with van der Waals surface area (Å²) < 4.78 is 0. The zero-order chi connectivity index (χ0) is 17.6. The lowest BCUT2D eigenvalue weighted by Crippen LogP contribution is -2.21. The first-order valence-corrected chi connectivity index (χ1v) is 7.71. The van der Waals surface area contributed by atoms with Crippen LogP contribution in [0.15, 0.2) is 58.4 Å². The van der Waals surface area contributed by atoms with E-state index in [0.717, 1.165) is 0 Å². The Morgan fingerprint density at radius 1 is 1.24 bits per heavy atom. The van der Waals surface area contributed by atoms with Crippen molar-refractivity contribution >= 4 is 23.2 Å². The second kappa shape index (κ2) is 7.39. The molecule has 25 heavy (non-hydrogen) atoms. The van der Waals surface area contributed by atoms with Gasteiger partial charge >= 0.3 is 0 Å². The summed E-state index contributed by atoms with van der Waals surface area (Å²) in [5.41, 5.74) is 4.40. The number of carbonyl (C=O) groups is 1. The maximum absolute atomic E-state index is 12.0. The van der Waals surface area contributed by atoms with Crippen LogP contribution in [0.4, 0.5) is 0 Å². The molecular weight excluding hydrogens is 320 g/mol. The normalized spacial score (nSPS) is 11.0. The molecule has 3 aromatic rings. The lowest BCUT2D eigenvalue weighted by molar-refractivity contribution is -0.121. The molecule has 0 spiro atoms. The highest BCUT2D eigenvalue weighted by Crippen LogP contribution is 2.09. The fraction of sp³-hybridized carbons (Fsp3) is 0.111. The van der Waals surface area contributed by atoms with Gasteiger partial charge < -0.3 is 10.1 Å². The van der Waals surface area contributed by atoms with E-state index in [2.05, 4.69) is 20.5 Å². The van der Waals surface area contributed by atoms with Gasteiger partial charge in [-0.15, -0.1) is 0 Å². The average molecular weight is 336 g/mol. The van der Waals surface area contributed by atoms with Crippen molar-refractivity contribution in [3.8, 4) is 5.75 Å². The Hall–Kier alpha value is -3.48. The van der Waals surface area contributed by atoms with Crippen molar-refractivity contribution in [3.05, 3.63) is 70.1 Å². The van der Waals surface area contributed by atoms with Gasteiger partial charge in [0, 0.05) is 12.8 Å². The molecule has 0 unspecified atom stereocenters. The number of aromatic nitrogens is 2. The highest BCUT2D eigenvalue weighted by Gasteiger charge is 2.07. The van der Waals surface area contributed by atoms with E-state index in [1.165, 1.54) is 12.3 Å². The highest BCUT2D eigenvalue weighted by molar-refractivity contribution is 5.82. The molecule has 0 aliphatic carbocycles. The fourth-order valence-electron chi connectivity index (χ4n) is 2.31. The first-order valence-electron chi connectivity index (χ1n) is 7.71. The maximum Gasteiger partial charge on any atom is 0.270 e. The number of hydrogen-bond donors (Lipinski definition) is 3. The SMILES string of the molecule is O=C(CCc1nc2ccccc2[nH]c1=O)N/N=C\c1cccc(O)c1. The van der Waals surface area contributed by atoms with Crippen LogP contribution in [0.2, 0.25) is 0 Å². The Morgan fingerprint density at radius 3 is 2.92 bits per heavy atom. The minimum atomic E-state index is -0.328. The summed E-state index contributed by atoms with van der Waals surface area (Å²) in [6.07, 6.45) is 1.73. The van der Waals surface area contributed by atoms with E-state index in [4.69, 9.17) is 0 Å². The van der Waals surface area contributed by atoms with E-state index in [1.807, 2.05) is 12.1 Å². The minimum absolute atomic E-state index is 0.0891. The molecule has 1 amide bonds. The van der Waals surface area contributed by atoms with Gasteiger partial charge in [0.2, 0.25) is 5.91 Å².